The highest BCUT2D eigenvalue weighted by Crippen LogP contribution is 2.47. The molecule has 0 fully saturated rings. The average Bonchev–Trinajstić information content (AvgIpc) is 2.27. The first-order valence-electron chi connectivity index (χ1n) is 7.12. The highest BCUT2D eigenvalue weighted by Gasteiger charge is 2.38. The molecule has 3 heteroatoms. The quantitative estimate of drug-likeness (QED) is 0.836. The van der Waals surface area contributed by atoms with Crippen LogP contribution in [-0.4, -0.2) is 14.2 Å². The molecule has 2 nitrogen and oxygen atoms in total. The fourth-order valence-corrected chi connectivity index (χ4v) is 5.41. The molecule has 0 saturated carbocycles. The van der Waals surface area contributed by atoms with Gasteiger partial charge in [0.1, 0.15) is 0 Å². The summed E-state index contributed by atoms with van der Waals surface area (Å²) in [6, 6.07) is 5.91. The van der Waals surface area contributed by atoms with E-state index in [0.29, 0.717) is 16.6 Å². The van der Waals surface area contributed by atoms with Gasteiger partial charge in [-0.1, -0.05) is 45.4 Å². The monoisotopic (exact) mass is 280 g/mol. The fourth-order valence-electron chi connectivity index (χ4n) is 3.54. The summed E-state index contributed by atoms with van der Waals surface area (Å²) in [5.74, 6) is 0.647. The van der Waals surface area contributed by atoms with Gasteiger partial charge in [0.2, 0.25) is 0 Å². The Bertz CT molecular complexity index is 570. The van der Waals surface area contributed by atoms with Crippen molar-refractivity contribution in [2.45, 2.75) is 57.8 Å². The molecule has 1 aliphatic heterocycles. The van der Waals surface area contributed by atoms with Gasteiger partial charge in [0.15, 0.2) is 9.84 Å². The van der Waals surface area contributed by atoms with E-state index in [-0.39, 0.29) is 5.41 Å². The highest BCUT2D eigenvalue weighted by atomic mass is 32.2. The van der Waals surface area contributed by atoms with Crippen molar-refractivity contribution in [1.29, 1.82) is 0 Å². The second-order valence-electron chi connectivity index (χ2n) is 6.39. The van der Waals surface area contributed by atoms with E-state index in [1.807, 2.05) is 25.1 Å². The van der Waals surface area contributed by atoms with E-state index in [9.17, 15) is 8.42 Å². The normalized spacial score (nSPS) is 22.0. The van der Waals surface area contributed by atoms with Crippen molar-refractivity contribution >= 4 is 9.84 Å². The van der Waals surface area contributed by atoms with Crippen LogP contribution in [0.3, 0.4) is 0 Å². The Morgan fingerprint density at radius 2 is 2.00 bits per heavy atom. The number of hydrogen-bond acceptors (Lipinski definition) is 2. The third-order valence-electron chi connectivity index (χ3n) is 4.44. The molecule has 1 atom stereocenters. The van der Waals surface area contributed by atoms with Gasteiger partial charge in [-0.25, -0.2) is 8.42 Å². The molecule has 2 rings (SSSR count). The zero-order valence-corrected chi connectivity index (χ0v) is 13.2. The van der Waals surface area contributed by atoms with Gasteiger partial charge < -0.3 is 0 Å². The van der Waals surface area contributed by atoms with Crippen LogP contribution in [0.4, 0.5) is 0 Å². The summed E-state index contributed by atoms with van der Waals surface area (Å²) in [6.45, 7) is 8.64. The van der Waals surface area contributed by atoms with Crippen LogP contribution in [0.25, 0.3) is 0 Å². The molecule has 1 heterocycles. The van der Waals surface area contributed by atoms with Crippen molar-refractivity contribution in [1.82, 2.24) is 0 Å². The summed E-state index contributed by atoms with van der Waals surface area (Å²) in [4.78, 5) is 0.607. The lowest BCUT2D eigenvalue weighted by Crippen LogP contribution is -2.30. The Balaban J connectivity index is 2.58. The van der Waals surface area contributed by atoms with Gasteiger partial charge >= 0.3 is 0 Å². The SMILES string of the molecule is CCCC(C)(C)C1CCS(=O)(=O)c2c(C)cccc21. The van der Waals surface area contributed by atoms with Crippen LogP contribution in [0.2, 0.25) is 0 Å². The maximum Gasteiger partial charge on any atom is 0.178 e. The van der Waals surface area contributed by atoms with Gasteiger partial charge in [0.05, 0.1) is 10.6 Å². The van der Waals surface area contributed by atoms with E-state index in [2.05, 4.69) is 20.8 Å². The van der Waals surface area contributed by atoms with Gasteiger partial charge in [-0.3, -0.25) is 0 Å². The predicted molar refractivity (Wildman–Crippen MR) is 79.3 cm³/mol. The molecule has 0 aromatic heterocycles. The van der Waals surface area contributed by atoms with Crippen LogP contribution >= 0.6 is 0 Å². The van der Waals surface area contributed by atoms with Crippen LogP contribution in [0.1, 0.15) is 57.1 Å². The van der Waals surface area contributed by atoms with E-state index < -0.39 is 9.84 Å². The summed E-state index contributed by atoms with van der Waals surface area (Å²) in [5.41, 5.74) is 2.10. The van der Waals surface area contributed by atoms with E-state index in [0.717, 1.165) is 30.4 Å². The van der Waals surface area contributed by atoms with Gasteiger partial charge in [-0.05, 0) is 42.2 Å². The van der Waals surface area contributed by atoms with Gasteiger partial charge in [0.25, 0.3) is 0 Å². The third kappa shape index (κ3) is 2.58. The number of aryl methyl sites for hydroxylation is 1. The van der Waals surface area contributed by atoms with Gasteiger partial charge in [-0.2, -0.15) is 0 Å². The Hall–Kier alpha value is -0.830. The Morgan fingerprint density at radius 1 is 1.32 bits per heavy atom. The van der Waals surface area contributed by atoms with E-state index in [1.54, 1.807) is 0 Å². The van der Waals surface area contributed by atoms with Crippen LogP contribution in [0.15, 0.2) is 23.1 Å². The van der Waals surface area contributed by atoms with Crippen molar-refractivity contribution in [2.75, 3.05) is 5.75 Å². The Labute approximate surface area is 117 Å². The van der Waals surface area contributed by atoms with Crippen molar-refractivity contribution in [2.24, 2.45) is 5.41 Å². The van der Waals surface area contributed by atoms with Crippen LogP contribution in [-0.2, 0) is 9.84 Å². The van der Waals surface area contributed by atoms with Crippen molar-refractivity contribution in [3.8, 4) is 0 Å². The number of fused-ring (bicyclic) bond motifs is 1. The summed E-state index contributed by atoms with van der Waals surface area (Å²) >= 11 is 0. The zero-order chi connectivity index (χ0) is 14.3. The number of hydrogen-bond donors (Lipinski definition) is 0. The van der Waals surface area contributed by atoms with Crippen molar-refractivity contribution in [3.63, 3.8) is 0 Å². The lowest BCUT2D eigenvalue weighted by molar-refractivity contribution is 0.248. The minimum atomic E-state index is -3.08. The molecular formula is C16H24O2S. The van der Waals surface area contributed by atoms with Crippen LogP contribution in [0, 0.1) is 12.3 Å². The molecule has 1 unspecified atom stereocenters. The third-order valence-corrected chi connectivity index (χ3v) is 6.39. The first kappa shape index (κ1) is 14.6. The largest absolute Gasteiger partial charge is 0.224 e. The first-order valence-corrected chi connectivity index (χ1v) is 8.77. The van der Waals surface area contributed by atoms with E-state index in [4.69, 9.17) is 0 Å². The highest BCUT2D eigenvalue weighted by molar-refractivity contribution is 7.91. The minimum absolute atomic E-state index is 0.160. The Kier molecular flexibility index (Phi) is 3.78. The van der Waals surface area contributed by atoms with Crippen molar-refractivity contribution in [3.05, 3.63) is 29.3 Å². The lowest BCUT2D eigenvalue weighted by Gasteiger charge is -2.38. The number of sulfone groups is 1. The fraction of sp³-hybridized carbons (Fsp3) is 0.625. The summed E-state index contributed by atoms with van der Waals surface area (Å²) < 4.78 is 24.6. The van der Waals surface area contributed by atoms with Gasteiger partial charge in [-0.15, -0.1) is 0 Å². The van der Waals surface area contributed by atoms with E-state index in [1.165, 1.54) is 0 Å². The minimum Gasteiger partial charge on any atom is -0.224 e. The molecule has 19 heavy (non-hydrogen) atoms. The number of rotatable bonds is 3. The molecule has 1 aromatic rings. The molecular weight excluding hydrogens is 256 g/mol. The average molecular weight is 280 g/mol. The molecule has 1 aromatic carbocycles. The lowest BCUT2D eigenvalue weighted by atomic mass is 9.70. The second-order valence-corrected chi connectivity index (χ2v) is 8.44. The molecule has 0 spiro atoms. The smallest absolute Gasteiger partial charge is 0.178 e. The molecule has 0 saturated heterocycles. The second kappa shape index (κ2) is 4.93. The molecule has 0 radical (unpaired) electrons. The zero-order valence-electron chi connectivity index (χ0n) is 12.4. The summed E-state index contributed by atoms with van der Waals surface area (Å²) in [7, 11) is -3.08. The first-order chi connectivity index (χ1) is 8.79. The molecule has 0 bridgehead atoms. The maximum absolute atomic E-state index is 12.3. The number of benzene rings is 1. The standard InChI is InChI=1S/C16H24O2S/c1-5-10-16(3,4)14-9-11-19(17,18)15-12(2)7-6-8-13(14)15/h6-8,14H,5,9-11H2,1-4H3. The van der Waals surface area contributed by atoms with Crippen molar-refractivity contribution < 1.29 is 8.42 Å². The van der Waals surface area contributed by atoms with E-state index >= 15 is 0 Å². The molecule has 1 aliphatic rings. The molecule has 106 valence electrons. The van der Waals surface area contributed by atoms with Crippen LogP contribution in [0.5, 0.6) is 0 Å². The summed E-state index contributed by atoms with van der Waals surface area (Å²) in [5, 5.41) is 0. The topological polar surface area (TPSA) is 34.1 Å². The maximum atomic E-state index is 12.3. The molecule has 0 aliphatic carbocycles. The molecule has 0 N–H and O–H groups in total. The molecule has 0 amide bonds. The van der Waals surface area contributed by atoms with Crippen LogP contribution < -0.4 is 0 Å². The predicted octanol–water partition coefficient (Wildman–Crippen LogP) is 4.08. The summed E-state index contributed by atoms with van der Waals surface area (Å²) in [6.07, 6.45) is 3.02. The van der Waals surface area contributed by atoms with Gasteiger partial charge in [0, 0.05) is 0 Å². The Morgan fingerprint density at radius 3 is 2.63 bits per heavy atom.